The number of aryl methyl sites for hydroxylation is 1. The van der Waals surface area contributed by atoms with E-state index in [4.69, 9.17) is 0 Å². The predicted molar refractivity (Wildman–Crippen MR) is 78.2 cm³/mol. The number of hydrogen-bond donors (Lipinski definition) is 3. The first-order chi connectivity index (χ1) is 8.83. The lowest BCUT2D eigenvalue weighted by molar-refractivity contribution is 0.625. The molecule has 0 radical (unpaired) electrons. The van der Waals surface area contributed by atoms with Gasteiger partial charge in [-0.1, -0.05) is 18.2 Å². The summed E-state index contributed by atoms with van der Waals surface area (Å²) in [5, 5.41) is 8.02. The quantitative estimate of drug-likeness (QED) is 0.655. The van der Waals surface area contributed by atoms with Gasteiger partial charge in [-0.25, -0.2) is 0 Å². The van der Waals surface area contributed by atoms with Crippen LogP contribution in [0.1, 0.15) is 17.7 Å². The van der Waals surface area contributed by atoms with Crippen molar-refractivity contribution in [2.45, 2.75) is 19.8 Å². The second-order valence-electron chi connectivity index (χ2n) is 4.73. The standard InChI is InChI=1S/C15H23N3/c1-12-13(8-11-17-10-5-9-16-2)14-6-3-4-7-15(14)18-12/h3-4,6-7,16-18H,5,8-11H2,1-2H3. The second kappa shape index (κ2) is 6.57. The van der Waals surface area contributed by atoms with E-state index in [9.17, 15) is 0 Å². The average molecular weight is 245 g/mol. The molecule has 0 fully saturated rings. The molecule has 0 spiro atoms. The van der Waals surface area contributed by atoms with Crippen LogP contribution in [-0.2, 0) is 6.42 Å². The van der Waals surface area contributed by atoms with E-state index in [1.165, 1.54) is 28.6 Å². The molecule has 0 unspecified atom stereocenters. The molecule has 2 rings (SSSR count). The molecule has 0 atom stereocenters. The van der Waals surface area contributed by atoms with E-state index in [-0.39, 0.29) is 0 Å². The van der Waals surface area contributed by atoms with Crippen LogP contribution in [0.25, 0.3) is 10.9 Å². The van der Waals surface area contributed by atoms with Gasteiger partial charge >= 0.3 is 0 Å². The molecule has 0 aliphatic carbocycles. The molecule has 0 amide bonds. The van der Waals surface area contributed by atoms with Gasteiger partial charge < -0.3 is 15.6 Å². The molecule has 1 aromatic heterocycles. The van der Waals surface area contributed by atoms with Gasteiger partial charge in [0, 0.05) is 16.6 Å². The Morgan fingerprint density at radius 1 is 1.11 bits per heavy atom. The molecule has 3 heteroatoms. The monoisotopic (exact) mass is 245 g/mol. The van der Waals surface area contributed by atoms with Crippen molar-refractivity contribution in [2.75, 3.05) is 26.7 Å². The number of rotatable bonds is 7. The van der Waals surface area contributed by atoms with Crippen molar-refractivity contribution < 1.29 is 0 Å². The van der Waals surface area contributed by atoms with E-state index in [1.54, 1.807) is 0 Å². The maximum Gasteiger partial charge on any atom is 0.0458 e. The predicted octanol–water partition coefficient (Wildman–Crippen LogP) is 2.22. The average Bonchev–Trinajstić information content (AvgIpc) is 2.70. The normalized spacial score (nSPS) is 11.2. The third-order valence-electron chi connectivity index (χ3n) is 3.36. The largest absolute Gasteiger partial charge is 0.358 e. The minimum Gasteiger partial charge on any atom is -0.358 e. The summed E-state index contributed by atoms with van der Waals surface area (Å²) in [6.07, 6.45) is 2.28. The minimum atomic E-state index is 1.05. The van der Waals surface area contributed by atoms with Crippen LogP contribution in [0.3, 0.4) is 0 Å². The van der Waals surface area contributed by atoms with Crippen LogP contribution in [0.4, 0.5) is 0 Å². The molecule has 3 N–H and O–H groups in total. The Bertz CT molecular complexity index is 487. The first-order valence-electron chi connectivity index (χ1n) is 6.74. The zero-order valence-electron chi connectivity index (χ0n) is 11.3. The zero-order valence-corrected chi connectivity index (χ0v) is 11.3. The van der Waals surface area contributed by atoms with Crippen molar-refractivity contribution in [1.82, 2.24) is 15.6 Å². The van der Waals surface area contributed by atoms with E-state index in [2.05, 4.69) is 46.8 Å². The van der Waals surface area contributed by atoms with Crippen molar-refractivity contribution in [3.05, 3.63) is 35.5 Å². The van der Waals surface area contributed by atoms with Crippen LogP contribution in [0.2, 0.25) is 0 Å². The summed E-state index contributed by atoms with van der Waals surface area (Å²) in [5.74, 6) is 0. The lowest BCUT2D eigenvalue weighted by atomic mass is 10.1. The van der Waals surface area contributed by atoms with Crippen molar-refractivity contribution in [3.63, 3.8) is 0 Å². The number of aromatic nitrogens is 1. The third-order valence-corrected chi connectivity index (χ3v) is 3.36. The van der Waals surface area contributed by atoms with Gasteiger partial charge in [-0.05, 0) is 58.1 Å². The highest BCUT2D eigenvalue weighted by Gasteiger charge is 2.06. The molecular weight excluding hydrogens is 222 g/mol. The Morgan fingerprint density at radius 3 is 2.78 bits per heavy atom. The smallest absolute Gasteiger partial charge is 0.0458 e. The maximum atomic E-state index is 3.50. The SMILES string of the molecule is CNCCCNCCc1c(C)[nH]c2ccccc12. The molecular formula is C15H23N3. The Balaban J connectivity index is 1.89. The number of H-pyrrole nitrogens is 1. The zero-order chi connectivity index (χ0) is 12.8. The van der Waals surface area contributed by atoms with E-state index in [0.717, 1.165) is 26.1 Å². The molecule has 0 saturated carbocycles. The number of para-hydroxylation sites is 1. The topological polar surface area (TPSA) is 39.8 Å². The molecule has 0 aliphatic rings. The fraction of sp³-hybridized carbons (Fsp3) is 0.467. The summed E-state index contributed by atoms with van der Waals surface area (Å²) in [6.45, 7) is 5.38. The van der Waals surface area contributed by atoms with Crippen LogP contribution in [0.15, 0.2) is 24.3 Å². The molecule has 1 heterocycles. The van der Waals surface area contributed by atoms with Crippen molar-refractivity contribution in [2.24, 2.45) is 0 Å². The third kappa shape index (κ3) is 3.12. The number of aromatic amines is 1. The Labute approximate surface area is 109 Å². The minimum absolute atomic E-state index is 1.05. The first-order valence-corrected chi connectivity index (χ1v) is 6.74. The lowest BCUT2D eigenvalue weighted by Crippen LogP contribution is -2.22. The van der Waals surface area contributed by atoms with Gasteiger partial charge in [-0.3, -0.25) is 0 Å². The summed E-state index contributed by atoms with van der Waals surface area (Å²) in [7, 11) is 2.00. The number of nitrogens with one attached hydrogen (secondary N) is 3. The number of fused-ring (bicyclic) bond motifs is 1. The molecule has 1 aromatic carbocycles. The lowest BCUT2D eigenvalue weighted by Gasteiger charge is -2.05. The molecule has 0 saturated heterocycles. The highest BCUT2D eigenvalue weighted by Crippen LogP contribution is 2.21. The second-order valence-corrected chi connectivity index (χ2v) is 4.73. The van der Waals surface area contributed by atoms with Gasteiger partial charge in [-0.15, -0.1) is 0 Å². The summed E-state index contributed by atoms with van der Waals surface area (Å²) >= 11 is 0. The van der Waals surface area contributed by atoms with Crippen LogP contribution in [-0.4, -0.2) is 31.7 Å². The van der Waals surface area contributed by atoms with E-state index < -0.39 is 0 Å². The summed E-state index contributed by atoms with van der Waals surface area (Å²) in [5.41, 5.74) is 4.00. The molecule has 3 nitrogen and oxygen atoms in total. The molecule has 2 aromatic rings. The van der Waals surface area contributed by atoms with Gasteiger partial charge in [-0.2, -0.15) is 0 Å². The van der Waals surface area contributed by atoms with Gasteiger partial charge in [0.2, 0.25) is 0 Å². The summed E-state index contributed by atoms with van der Waals surface area (Å²) in [4.78, 5) is 3.45. The number of benzene rings is 1. The van der Waals surface area contributed by atoms with Gasteiger partial charge in [0.1, 0.15) is 0 Å². The molecule has 0 bridgehead atoms. The Hall–Kier alpha value is -1.32. The first kappa shape index (κ1) is 13.1. The van der Waals surface area contributed by atoms with Crippen LogP contribution in [0, 0.1) is 6.92 Å². The Morgan fingerprint density at radius 2 is 1.94 bits per heavy atom. The van der Waals surface area contributed by atoms with Crippen molar-refractivity contribution in [3.8, 4) is 0 Å². The Kier molecular flexibility index (Phi) is 4.79. The highest BCUT2D eigenvalue weighted by atomic mass is 14.9. The van der Waals surface area contributed by atoms with E-state index in [1.807, 2.05) is 7.05 Å². The van der Waals surface area contributed by atoms with Crippen molar-refractivity contribution >= 4 is 10.9 Å². The van der Waals surface area contributed by atoms with Crippen LogP contribution < -0.4 is 10.6 Å². The van der Waals surface area contributed by atoms with Gasteiger partial charge in [0.25, 0.3) is 0 Å². The molecule has 0 aliphatic heterocycles. The fourth-order valence-electron chi connectivity index (χ4n) is 2.39. The van der Waals surface area contributed by atoms with Crippen LogP contribution >= 0.6 is 0 Å². The van der Waals surface area contributed by atoms with Gasteiger partial charge in [0.05, 0.1) is 0 Å². The molecule has 98 valence electrons. The summed E-state index contributed by atoms with van der Waals surface area (Å²) in [6, 6.07) is 8.54. The maximum absolute atomic E-state index is 3.50. The van der Waals surface area contributed by atoms with Crippen molar-refractivity contribution in [1.29, 1.82) is 0 Å². The highest BCUT2D eigenvalue weighted by molar-refractivity contribution is 5.84. The number of hydrogen-bond acceptors (Lipinski definition) is 2. The van der Waals surface area contributed by atoms with Crippen LogP contribution in [0.5, 0.6) is 0 Å². The summed E-state index contributed by atoms with van der Waals surface area (Å²) < 4.78 is 0. The van der Waals surface area contributed by atoms with E-state index in [0.29, 0.717) is 0 Å². The van der Waals surface area contributed by atoms with Gasteiger partial charge in [0.15, 0.2) is 0 Å². The fourth-order valence-corrected chi connectivity index (χ4v) is 2.39. The van der Waals surface area contributed by atoms with E-state index >= 15 is 0 Å². The molecule has 18 heavy (non-hydrogen) atoms.